The first-order valence-electron chi connectivity index (χ1n) is 7.38. The topological polar surface area (TPSA) is 71.2 Å². The predicted octanol–water partition coefficient (Wildman–Crippen LogP) is 1.76. The van der Waals surface area contributed by atoms with Gasteiger partial charge >= 0.3 is 5.97 Å². The van der Waals surface area contributed by atoms with Crippen LogP contribution in [0.4, 0.5) is 0 Å². The van der Waals surface area contributed by atoms with Gasteiger partial charge in [-0.15, -0.1) is 0 Å². The first kappa shape index (κ1) is 15.0. The molecular weight excluding hydrogens is 256 g/mol. The van der Waals surface area contributed by atoms with Gasteiger partial charge in [-0.3, -0.25) is 9.69 Å². The molecule has 2 rings (SSSR count). The van der Waals surface area contributed by atoms with Gasteiger partial charge in [0, 0.05) is 12.6 Å². The lowest BCUT2D eigenvalue weighted by Crippen LogP contribution is -2.41. The van der Waals surface area contributed by atoms with Crippen LogP contribution in [0, 0.1) is 5.92 Å². The van der Waals surface area contributed by atoms with Crippen molar-refractivity contribution in [3.63, 3.8) is 0 Å². The van der Waals surface area contributed by atoms with Gasteiger partial charge in [-0.2, -0.15) is 5.10 Å². The minimum atomic E-state index is -0.717. The van der Waals surface area contributed by atoms with Crippen LogP contribution in [-0.2, 0) is 17.9 Å². The highest BCUT2D eigenvalue weighted by Crippen LogP contribution is 2.21. The molecule has 1 saturated heterocycles. The van der Waals surface area contributed by atoms with Crippen molar-refractivity contribution in [3.05, 3.63) is 12.2 Å². The smallest absolute Gasteiger partial charge is 0.304 e. The Kier molecular flexibility index (Phi) is 5.11. The summed E-state index contributed by atoms with van der Waals surface area (Å²) >= 11 is 0. The number of hydrogen-bond donors (Lipinski definition) is 1. The van der Waals surface area contributed by atoms with Crippen molar-refractivity contribution in [1.29, 1.82) is 0 Å². The molecule has 0 amide bonds. The molecule has 112 valence electrons. The average Bonchev–Trinajstić information content (AvgIpc) is 2.78. The lowest BCUT2D eigenvalue weighted by Gasteiger charge is -2.34. The Hall–Kier alpha value is -1.43. The summed E-state index contributed by atoms with van der Waals surface area (Å²) in [4.78, 5) is 17.6. The van der Waals surface area contributed by atoms with Gasteiger partial charge in [-0.1, -0.05) is 20.3 Å². The Bertz CT molecular complexity index is 444. The third kappa shape index (κ3) is 4.03. The number of nitrogens with zero attached hydrogens (tertiary/aromatic N) is 4. The normalized spacial score (nSPS) is 20.4. The first-order chi connectivity index (χ1) is 9.56. The summed E-state index contributed by atoms with van der Waals surface area (Å²) in [6, 6.07) is 0.130. The third-order valence-corrected chi connectivity index (χ3v) is 3.74. The number of hydrogen-bond acceptors (Lipinski definition) is 4. The third-order valence-electron chi connectivity index (χ3n) is 3.74. The van der Waals surface area contributed by atoms with Crippen LogP contribution < -0.4 is 0 Å². The van der Waals surface area contributed by atoms with Crippen molar-refractivity contribution in [2.75, 3.05) is 6.54 Å². The highest BCUT2D eigenvalue weighted by molar-refractivity contribution is 5.67. The number of aromatic nitrogens is 3. The zero-order valence-corrected chi connectivity index (χ0v) is 12.3. The number of likely N-dealkylation sites (tertiary alicyclic amines) is 1. The largest absolute Gasteiger partial charge is 0.481 e. The van der Waals surface area contributed by atoms with E-state index >= 15 is 0 Å². The lowest BCUT2D eigenvalue weighted by molar-refractivity contribution is -0.138. The lowest BCUT2D eigenvalue weighted by atomic mass is 9.99. The summed E-state index contributed by atoms with van der Waals surface area (Å²) in [6.45, 7) is 6.81. The Morgan fingerprint density at radius 1 is 1.50 bits per heavy atom. The van der Waals surface area contributed by atoms with Crippen LogP contribution in [0.1, 0.15) is 45.4 Å². The van der Waals surface area contributed by atoms with E-state index in [9.17, 15) is 4.79 Å². The maximum absolute atomic E-state index is 11.0. The van der Waals surface area contributed by atoms with E-state index in [-0.39, 0.29) is 12.5 Å². The van der Waals surface area contributed by atoms with E-state index in [1.54, 1.807) is 6.33 Å². The van der Waals surface area contributed by atoms with Crippen molar-refractivity contribution in [2.45, 2.75) is 58.7 Å². The summed E-state index contributed by atoms with van der Waals surface area (Å²) in [5.74, 6) is 0.744. The zero-order chi connectivity index (χ0) is 14.5. The van der Waals surface area contributed by atoms with Gasteiger partial charge in [0.05, 0.1) is 13.0 Å². The van der Waals surface area contributed by atoms with Gasteiger partial charge in [0.15, 0.2) is 0 Å². The fraction of sp³-hybridized carbons (Fsp3) is 0.786. The van der Waals surface area contributed by atoms with Gasteiger partial charge in [0.1, 0.15) is 12.2 Å². The number of aliphatic carboxylic acids is 1. The van der Waals surface area contributed by atoms with E-state index in [4.69, 9.17) is 5.11 Å². The molecule has 1 aliphatic rings. The van der Waals surface area contributed by atoms with Crippen molar-refractivity contribution in [3.8, 4) is 0 Å². The number of carboxylic acids is 1. The van der Waals surface area contributed by atoms with Gasteiger partial charge < -0.3 is 5.11 Å². The molecule has 1 N–H and O–H groups in total. The summed E-state index contributed by atoms with van der Waals surface area (Å²) < 4.78 is 1.94. The van der Waals surface area contributed by atoms with Crippen LogP contribution in [-0.4, -0.2) is 43.3 Å². The Morgan fingerprint density at radius 3 is 3.00 bits per heavy atom. The molecule has 1 unspecified atom stereocenters. The molecule has 0 aromatic carbocycles. The van der Waals surface area contributed by atoms with E-state index in [1.807, 2.05) is 4.68 Å². The van der Waals surface area contributed by atoms with Crippen LogP contribution in [0.25, 0.3) is 0 Å². The second kappa shape index (κ2) is 6.83. The predicted molar refractivity (Wildman–Crippen MR) is 75.2 cm³/mol. The van der Waals surface area contributed by atoms with Gasteiger partial charge in [0.2, 0.25) is 0 Å². The van der Waals surface area contributed by atoms with E-state index < -0.39 is 5.97 Å². The van der Waals surface area contributed by atoms with Crippen molar-refractivity contribution in [2.24, 2.45) is 5.92 Å². The van der Waals surface area contributed by atoms with Crippen LogP contribution in [0.3, 0.4) is 0 Å². The number of carbonyl (C=O) groups is 1. The van der Waals surface area contributed by atoms with E-state index in [0.29, 0.717) is 12.5 Å². The van der Waals surface area contributed by atoms with Crippen molar-refractivity contribution >= 4 is 5.97 Å². The Morgan fingerprint density at radius 2 is 2.30 bits per heavy atom. The van der Waals surface area contributed by atoms with Crippen molar-refractivity contribution in [1.82, 2.24) is 19.7 Å². The molecule has 2 heterocycles. The molecule has 6 nitrogen and oxygen atoms in total. The maximum atomic E-state index is 11.0. The summed E-state index contributed by atoms with van der Waals surface area (Å²) in [5, 5.41) is 13.3. The molecule has 1 aliphatic heterocycles. The Balaban J connectivity index is 2.03. The van der Waals surface area contributed by atoms with E-state index in [0.717, 1.165) is 38.2 Å². The van der Waals surface area contributed by atoms with Crippen LogP contribution in [0.15, 0.2) is 6.33 Å². The zero-order valence-electron chi connectivity index (χ0n) is 12.3. The minimum absolute atomic E-state index is 0.130. The maximum Gasteiger partial charge on any atom is 0.304 e. The van der Waals surface area contributed by atoms with Crippen LogP contribution in [0.5, 0.6) is 0 Å². The number of carboxylic acid groups (broad SMARTS) is 1. The average molecular weight is 280 g/mol. The molecule has 0 aliphatic carbocycles. The quantitative estimate of drug-likeness (QED) is 0.859. The first-order valence-corrected chi connectivity index (χ1v) is 7.38. The van der Waals surface area contributed by atoms with Crippen LogP contribution >= 0.6 is 0 Å². The van der Waals surface area contributed by atoms with Gasteiger partial charge in [-0.05, 0) is 25.3 Å². The van der Waals surface area contributed by atoms with Crippen LogP contribution in [0.2, 0.25) is 0 Å². The molecule has 0 saturated carbocycles. The molecule has 0 spiro atoms. The van der Waals surface area contributed by atoms with Gasteiger partial charge in [-0.25, -0.2) is 9.67 Å². The second-order valence-electron chi connectivity index (χ2n) is 5.97. The molecule has 1 aromatic rings. The molecular formula is C14H24N4O2. The number of rotatable bonds is 6. The molecule has 20 heavy (non-hydrogen) atoms. The molecule has 1 atom stereocenters. The van der Waals surface area contributed by atoms with E-state index in [2.05, 4.69) is 28.8 Å². The standard InChI is InChI=1S/C14H24N4O2/c1-11(2)8-18-13(15-10-16-18)9-17-6-4-3-5-12(17)7-14(19)20/h10-12H,3-9H2,1-2H3,(H,19,20). The summed E-state index contributed by atoms with van der Waals surface area (Å²) in [6.07, 6.45) is 5.03. The molecule has 1 aromatic heterocycles. The summed E-state index contributed by atoms with van der Waals surface area (Å²) in [7, 11) is 0. The monoisotopic (exact) mass is 280 g/mol. The highest BCUT2D eigenvalue weighted by atomic mass is 16.4. The fourth-order valence-electron chi connectivity index (χ4n) is 2.79. The summed E-state index contributed by atoms with van der Waals surface area (Å²) in [5.41, 5.74) is 0. The SMILES string of the molecule is CC(C)Cn1ncnc1CN1CCCCC1CC(=O)O. The molecule has 1 fully saturated rings. The molecule has 6 heteroatoms. The minimum Gasteiger partial charge on any atom is -0.481 e. The molecule has 0 bridgehead atoms. The Labute approximate surface area is 119 Å². The molecule has 0 radical (unpaired) electrons. The van der Waals surface area contributed by atoms with Gasteiger partial charge in [0.25, 0.3) is 0 Å². The highest BCUT2D eigenvalue weighted by Gasteiger charge is 2.25. The fourth-order valence-corrected chi connectivity index (χ4v) is 2.79. The van der Waals surface area contributed by atoms with Crippen molar-refractivity contribution < 1.29 is 9.90 Å². The number of piperidine rings is 1. The van der Waals surface area contributed by atoms with E-state index in [1.165, 1.54) is 0 Å². The second-order valence-corrected chi connectivity index (χ2v) is 5.97.